The van der Waals surface area contributed by atoms with Crippen LogP contribution in [0, 0.1) is 0 Å². The lowest BCUT2D eigenvalue weighted by Crippen LogP contribution is -2.26. The monoisotopic (exact) mass is 223 g/mol. The van der Waals surface area contributed by atoms with E-state index in [9.17, 15) is 4.79 Å². The summed E-state index contributed by atoms with van der Waals surface area (Å²) in [5.74, 6) is -0.261. The van der Waals surface area contributed by atoms with Crippen LogP contribution in [0.25, 0.3) is 0 Å². The Hall–Kier alpha value is -1.09. The number of rotatable bonds is 6. The van der Waals surface area contributed by atoms with Crippen LogP contribution < -0.4 is 5.32 Å². The highest BCUT2D eigenvalue weighted by Crippen LogP contribution is 2.20. The summed E-state index contributed by atoms with van der Waals surface area (Å²) >= 11 is 0. The third kappa shape index (κ3) is 4.62. The predicted molar refractivity (Wildman–Crippen MR) is 65.2 cm³/mol. The van der Waals surface area contributed by atoms with Crippen molar-refractivity contribution in [1.82, 2.24) is 5.32 Å². The Balaban J connectivity index is 2.22. The molecule has 0 amide bonds. The fraction of sp³-hybridized carbons (Fsp3) is 0.615. The molecule has 0 atom stereocenters. The Morgan fingerprint density at radius 2 is 2.06 bits per heavy atom. The number of carbonyl (C=O) groups excluding carboxylic acids is 1. The highest BCUT2D eigenvalue weighted by Gasteiger charge is 2.18. The number of nitrogens with one attached hydrogen (secondary N) is 1. The van der Waals surface area contributed by atoms with E-state index in [1.165, 1.54) is 19.3 Å². The molecule has 1 aliphatic rings. The average molecular weight is 223 g/mol. The van der Waals surface area contributed by atoms with Crippen LogP contribution in [0.15, 0.2) is 24.8 Å². The van der Waals surface area contributed by atoms with Crippen molar-refractivity contribution in [2.24, 2.45) is 0 Å². The Labute approximate surface area is 97.6 Å². The Morgan fingerprint density at radius 1 is 1.38 bits per heavy atom. The largest absolute Gasteiger partial charge is 0.459 e. The molecule has 0 aromatic rings. The van der Waals surface area contributed by atoms with Gasteiger partial charge in [0.1, 0.15) is 6.10 Å². The molecule has 3 nitrogen and oxygen atoms in total. The summed E-state index contributed by atoms with van der Waals surface area (Å²) in [6.45, 7) is 8.45. The van der Waals surface area contributed by atoms with E-state index in [2.05, 4.69) is 18.5 Å². The first-order valence-electron chi connectivity index (χ1n) is 5.94. The molecule has 0 bridgehead atoms. The maximum atomic E-state index is 11.6. The standard InChI is InChI=1S/C13H21NO2/c1-3-9-14-10-11(2)13(15)16-12-7-5-4-6-8-12/h3,12,14H,1-2,4-10H2. The van der Waals surface area contributed by atoms with Crippen molar-refractivity contribution in [3.63, 3.8) is 0 Å². The van der Waals surface area contributed by atoms with Gasteiger partial charge in [-0.15, -0.1) is 6.58 Å². The lowest BCUT2D eigenvalue weighted by atomic mass is 9.98. The Bertz CT molecular complexity index is 255. The first kappa shape index (κ1) is 13.0. The first-order chi connectivity index (χ1) is 7.74. The third-order valence-corrected chi connectivity index (χ3v) is 2.74. The third-order valence-electron chi connectivity index (χ3n) is 2.74. The van der Waals surface area contributed by atoms with Gasteiger partial charge in [0.25, 0.3) is 0 Å². The number of hydrogen-bond acceptors (Lipinski definition) is 3. The molecule has 0 aromatic carbocycles. The van der Waals surface area contributed by atoms with E-state index in [4.69, 9.17) is 4.74 Å². The maximum absolute atomic E-state index is 11.6. The molecule has 0 aliphatic heterocycles. The van der Waals surface area contributed by atoms with E-state index >= 15 is 0 Å². The van der Waals surface area contributed by atoms with Crippen LogP contribution in [0.2, 0.25) is 0 Å². The van der Waals surface area contributed by atoms with E-state index in [-0.39, 0.29) is 12.1 Å². The maximum Gasteiger partial charge on any atom is 0.334 e. The van der Waals surface area contributed by atoms with E-state index in [0.717, 1.165) is 12.8 Å². The van der Waals surface area contributed by atoms with E-state index < -0.39 is 0 Å². The zero-order chi connectivity index (χ0) is 11.8. The lowest BCUT2D eigenvalue weighted by Gasteiger charge is -2.22. The average Bonchev–Trinajstić information content (AvgIpc) is 2.30. The molecule has 1 N–H and O–H groups in total. The van der Waals surface area contributed by atoms with E-state index in [1.54, 1.807) is 6.08 Å². The molecular formula is C13H21NO2. The summed E-state index contributed by atoms with van der Waals surface area (Å²) in [5.41, 5.74) is 0.493. The molecule has 0 heterocycles. The minimum absolute atomic E-state index is 0.109. The quantitative estimate of drug-likeness (QED) is 0.325. The second kappa shape index (κ2) is 7.23. The molecule has 1 saturated carbocycles. The molecule has 3 heteroatoms. The smallest absolute Gasteiger partial charge is 0.334 e. The molecule has 16 heavy (non-hydrogen) atoms. The fourth-order valence-electron chi connectivity index (χ4n) is 1.81. The van der Waals surface area contributed by atoms with Crippen molar-refractivity contribution in [3.8, 4) is 0 Å². The molecule has 1 aliphatic carbocycles. The van der Waals surface area contributed by atoms with Gasteiger partial charge in [-0.25, -0.2) is 4.79 Å². The zero-order valence-electron chi connectivity index (χ0n) is 9.84. The molecule has 1 fully saturated rings. The summed E-state index contributed by atoms with van der Waals surface area (Å²) in [4.78, 5) is 11.6. The van der Waals surface area contributed by atoms with Gasteiger partial charge in [-0.1, -0.05) is 19.1 Å². The minimum atomic E-state index is -0.261. The van der Waals surface area contributed by atoms with Gasteiger partial charge >= 0.3 is 5.97 Å². The summed E-state index contributed by atoms with van der Waals surface area (Å²) < 4.78 is 5.38. The van der Waals surface area contributed by atoms with Gasteiger partial charge in [-0.3, -0.25) is 0 Å². The van der Waals surface area contributed by atoms with Crippen molar-refractivity contribution >= 4 is 5.97 Å². The lowest BCUT2D eigenvalue weighted by molar-refractivity contribution is -0.145. The van der Waals surface area contributed by atoms with E-state index in [1.807, 2.05) is 0 Å². The number of esters is 1. The van der Waals surface area contributed by atoms with Gasteiger partial charge in [0, 0.05) is 18.7 Å². The van der Waals surface area contributed by atoms with E-state index in [0.29, 0.717) is 18.7 Å². The molecule has 0 spiro atoms. The SMILES string of the molecule is C=CCNCC(=C)C(=O)OC1CCCCC1. The summed E-state index contributed by atoms with van der Waals surface area (Å²) in [6, 6.07) is 0. The number of ether oxygens (including phenoxy) is 1. The van der Waals surface area contributed by atoms with Crippen LogP contribution in [-0.4, -0.2) is 25.2 Å². The van der Waals surface area contributed by atoms with Crippen molar-refractivity contribution < 1.29 is 9.53 Å². The van der Waals surface area contributed by atoms with Crippen molar-refractivity contribution in [2.75, 3.05) is 13.1 Å². The zero-order valence-corrected chi connectivity index (χ0v) is 9.84. The topological polar surface area (TPSA) is 38.3 Å². The van der Waals surface area contributed by atoms with Crippen molar-refractivity contribution in [2.45, 2.75) is 38.2 Å². The Morgan fingerprint density at radius 3 is 2.69 bits per heavy atom. The van der Waals surface area contributed by atoms with Gasteiger partial charge in [0.05, 0.1) is 0 Å². The number of carbonyl (C=O) groups is 1. The predicted octanol–water partition coefficient (Wildman–Crippen LogP) is 2.19. The van der Waals surface area contributed by atoms with Crippen molar-refractivity contribution in [1.29, 1.82) is 0 Å². The molecule has 0 aromatic heterocycles. The molecule has 0 radical (unpaired) electrons. The van der Waals surface area contributed by atoms with Crippen LogP contribution in [0.1, 0.15) is 32.1 Å². The van der Waals surface area contributed by atoms with Crippen LogP contribution in [0.5, 0.6) is 0 Å². The van der Waals surface area contributed by atoms with Crippen molar-refractivity contribution in [3.05, 3.63) is 24.8 Å². The van der Waals surface area contributed by atoms with Gasteiger partial charge in [0.15, 0.2) is 0 Å². The van der Waals surface area contributed by atoms with Crippen LogP contribution in [-0.2, 0) is 9.53 Å². The fourth-order valence-corrected chi connectivity index (χ4v) is 1.81. The molecule has 0 unspecified atom stereocenters. The van der Waals surface area contributed by atoms with Gasteiger partial charge in [-0.05, 0) is 25.7 Å². The van der Waals surface area contributed by atoms with Crippen LogP contribution in [0.3, 0.4) is 0 Å². The second-order valence-electron chi connectivity index (χ2n) is 4.19. The summed E-state index contributed by atoms with van der Waals surface area (Å²) in [7, 11) is 0. The highest BCUT2D eigenvalue weighted by molar-refractivity contribution is 5.88. The second-order valence-corrected chi connectivity index (χ2v) is 4.19. The molecule has 0 saturated heterocycles. The van der Waals surface area contributed by atoms with Gasteiger partial charge in [-0.2, -0.15) is 0 Å². The molecule has 90 valence electrons. The summed E-state index contributed by atoms with van der Waals surface area (Å²) in [5, 5.41) is 3.03. The Kier molecular flexibility index (Phi) is 5.86. The molecular weight excluding hydrogens is 202 g/mol. The van der Waals surface area contributed by atoms with Crippen LogP contribution >= 0.6 is 0 Å². The van der Waals surface area contributed by atoms with Crippen LogP contribution in [0.4, 0.5) is 0 Å². The van der Waals surface area contributed by atoms with Gasteiger partial charge in [0.2, 0.25) is 0 Å². The highest BCUT2D eigenvalue weighted by atomic mass is 16.5. The summed E-state index contributed by atoms with van der Waals surface area (Å²) in [6.07, 6.45) is 7.45. The van der Waals surface area contributed by atoms with Gasteiger partial charge < -0.3 is 10.1 Å². The molecule has 1 rings (SSSR count). The normalized spacial score (nSPS) is 16.8. The first-order valence-corrected chi connectivity index (χ1v) is 5.94. The minimum Gasteiger partial charge on any atom is -0.459 e. The number of hydrogen-bond donors (Lipinski definition) is 1.